The van der Waals surface area contributed by atoms with E-state index in [2.05, 4.69) is 0 Å². The van der Waals surface area contributed by atoms with E-state index >= 15 is 0 Å². The molecule has 0 spiro atoms. The quantitative estimate of drug-likeness (QED) is 0.789. The first-order valence-electron chi connectivity index (χ1n) is 4.77. The molecule has 0 saturated carbocycles. The van der Waals surface area contributed by atoms with Gasteiger partial charge in [0, 0.05) is 0 Å². The zero-order chi connectivity index (χ0) is 10.8. The Bertz CT molecular complexity index is 508. The fourth-order valence-corrected chi connectivity index (χ4v) is 1.96. The lowest BCUT2D eigenvalue weighted by Gasteiger charge is -2.08. The van der Waals surface area contributed by atoms with Crippen LogP contribution in [0.15, 0.2) is 42.5 Å². The van der Waals surface area contributed by atoms with Crippen LogP contribution in [0.3, 0.4) is 0 Å². The molecular weight excluding hydrogens is 208 g/mol. The molecule has 1 N–H and O–H groups in total. The van der Waals surface area contributed by atoms with Crippen LogP contribution in [-0.4, -0.2) is 8.76 Å². The molecular formula is C12H12O2S. The van der Waals surface area contributed by atoms with Gasteiger partial charge in [0.15, 0.2) is 11.1 Å². The molecule has 0 aliphatic rings. The summed E-state index contributed by atoms with van der Waals surface area (Å²) in [4.78, 5) is 0. The van der Waals surface area contributed by atoms with Crippen molar-refractivity contribution in [2.45, 2.75) is 12.2 Å². The van der Waals surface area contributed by atoms with Crippen molar-refractivity contribution >= 4 is 21.9 Å². The number of rotatable bonds is 2. The average Bonchev–Trinajstić information content (AvgIpc) is 2.27. The molecule has 2 nitrogen and oxygen atoms in total. The van der Waals surface area contributed by atoms with Crippen LogP contribution in [0.2, 0.25) is 0 Å². The summed E-state index contributed by atoms with van der Waals surface area (Å²) in [6, 6.07) is 13.8. The van der Waals surface area contributed by atoms with E-state index in [1.54, 1.807) is 6.92 Å². The monoisotopic (exact) mass is 220 g/mol. The lowest BCUT2D eigenvalue weighted by Crippen LogP contribution is -2.00. The van der Waals surface area contributed by atoms with Gasteiger partial charge in [-0.25, -0.2) is 4.21 Å². The molecule has 0 aromatic heterocycles. The topological polar surface area (TPSA) is 37.3 Å². The molecule has 2 unspecified atom stereocenters. The van der Waals surface area contributed by atoms with Crippen molar-refractivity contribution in [2.24, 2.45) is 0 Å². The molecule has 0 heterocycles. The third-order valence-electron chi connectivity index (χ3n) is 2.55. The average molecular weight is 220 g/mol. The van der Waals surface area contributed by atoms with Gasteiger partial charge >= 0.3 is 0 Å². The predicted molar refractivity (Wildman–Crippen MR) is 63.1 cm³/mol. The van der Waals surface area contributed by atoms with Crippen molar-refractivity contribution in [2.75, 3.05) is 0 Å². The lowest BCUT2D eigenvalue weighted by atomic mass is 10.1. The zero-order valence-electron chi connectivity index (χ0n) is 8.38. The molecule has 2 rings (SSSR count). The van der Waals surface area contributed by atoms with Gasteiger partial charge in [0.25, 0.3) is 0 Å². The third-order valence-corrected chi connectivity index (χ3v) is 3.42. The molecule has 0 bridgehead atoms. The van der Waals surface area contributed by atoms with Crippen molar-refractivity contribution in [3.63, 3.8) is 0 Å². The fraction of sp³-hybridized carbons (Fsp3) is 0.167. The van der Waals surface area contributed by atoms with Crippen LogP contribution in [0.4, 0.5) is 0 Å². The van der Waals surface area contributed by atoms with E-state index in [9.17, 15) is 4.21 Å². The van der Waals surface area contributed by atoms with Gasteiger partial charge in [-0.2, -0.15) is 0 Å². The van der Waals surface area contributed by atoms with Gasteiger partial charge in [-0.05, 0) is 29.3 Å². The van der Waals surface area contributed by atoms with Crippen LogP contribution in [-0.2, 0) is 11.1 Å². The SMILES string of the molecule is CC(c1ccc2ccccc2c1)S(=O)O. The predicted octanol–water partition coefficient (Wildman–Crippen LogP) is 3.12. The zero-order valence-corrected chi connectivity index (χ0v) is 9.20. The summed E-state index contributed by atoms with van der Waals surface area (Å²) in [6.07, 6.45) is 0. The lowest BCUT2D eigenvalue weighted by molar-refractivity contribution is 0.554. The molecule has 2 aromatic rings. The minimum atomic E-state index is -1.80. The van der Waals surface area contributed by atoms with Crippen LogP contribution in [0.25, 0.3) is 10.8 Å². The molecule has 0 aliphatic heterocycles. The molecule has 15 heavy (non-hydrogen) atoms. The van der Waals surface area contributed by atoms with E-state index in [1.165, 1.54) is 0 Å². The van der Waals surface area contributed by atoms with Crippen LogP contribution in [0.5, 0.6) is 0 Å². The van der Waals surface area contributed by atoms with Gasteiger partial charge in [-0.15, -0.1) is 0 Å². The number of hydrogen-bond acceptors (Lipinski definition) is 1. The second-order valence-electron chi connectivity index (χ2n) is 3.52. The minimum absolute atomic E-state index is 0.338. The highest BCUT2D eigenvalue weighted by Crippen LogP contribution is 2.22. The van der Waals surface area contributed by atoms with E-state index in [1.807, 2.05) is 42.5 Å². The van der Waals surface area contributed by atoms with E-state index in [0.717, 1.165) is 16.3 Å². The molecule has 3 heteroatoms. The number of fused-ring (bicyclic) bond motifs is 1. The normalized spacial score (nSPS) is 15.1. The summed E-state index contributed by atoms with van der Waals surface area (Å²) < 4.78 is 20.0. The van der Waals surface area contributed by atoms with E-state index < -0.39 is 11.1 Å². The van der Waals surface area contributed by atoms with Crippen LogP contribution >= 0.6 is 0 Å². The Morgan fingerprint density at radius 2 is 1.80 bits per heavy atom. The Labute approximate surface area is 91.2 Å². The summed E-state index contributed by atoms with van der Waals surface area (Å²) in [5.41, 5.74) is 0.898. The highest BCUT2D eigenvalue weighted by Gasteiger charge is 2.11. The summed E-state index contributed by atoms with van der Waals surface area (Å²) in [6.45, 7) is 1.75. The Balaban J connectivity index is 2.51. The smallest absolute Gasteiger partial charge is 0.160 e. The Morgan fingerprint density at radius 1 is 1.13 bits per heavy atom. The second kappa shape index (κ2) is 4.13. The molecule has 78 valence electrons. The molecule has 2 aromatic carbocycles. The highest BCUT2D eigenvalue weighted by atomic mass is 32.2. The first-order valence-corrected chi connectivity index (χ1v) is 5.94. The van der Waals surface area contributed by atoms with Crippen molar-refractivity contribution in [1.29, 1.82) is 0 Å². The van der Waals surface area contributed by atoms with E-state index in [0.29, 0.717) is 0 Å². The maximum absolute atomic E-state index is 10.9. The Kier molecular flexibility index (Phi) is 2.84. The molecule has 0 fully saturated rings. The second-order valence-corrected chi connectivity index (χ2v) is 4.78. The van der Waals surface area contributed by atoms with Gasteiger partial charge < -0.3 is 4.55 Å². The van der Waals surface area contributed by atoms with Crippen LogP contribution in [0, 0.1) is 0 Å². The van der Waals surface area contributed by atoms with E-state index in [-0.39, 0.29) is 5.25 Å². The standard InChI is InChI=1S/C12H12O2S/c1-9(15(13)14)11-7-6-10-4-2-3-5-12(10)8-11/h2-9H,1H3,(H,13,14). The maximum atomic E-state index is 10.9. The fourth-order valence-electron chi connectivity index (χ4n) is 1.58. The van der Waals surface area contributed by atoms with Gasteiger partial charge in [0.2, 0.25) is 0 Å². The summed E-state index contributed by atoms with van der Waals surface area (Å²) in [7, 11) is 0. The van der Waals surface area contributed by atoms with Crippen LogP contribution < -0.4 is 0 Å². The van der Waals surface area contributed by atoms with Crippen LogP contribution in [0.1, 0.15) is 17.7 Å². The Hall–Kier alpha value is -1.19. The minimum Gasteiger partial charge on any atom is -0.306 e. The summed E-state index contributed by atoms with van der Waals surface area (Å²) >= 11 is -1.80. The Morgan fingerprint density at radius 3 is 2.47 bits per heavy atom. The van der Waals surface area contributed by atoms with Gasteiger partial charge in [-0.1, -0.05) is 36.4 Å². The van der Waals surface area contributed by atoms with Crippen molar-refractivity contribution in [3.8, 4) is 0 Å². The molecule has 2 atom stereocenters. The number of hydrogen-bond donors (Lipinski definition) is 1. The van der Waals surface area contributed by atoms with Crippen molar-refractivity contribution in [1.82, 2.24) is 0 Å². The van der Waals surface area contributed by atoms with E-state index in [4.69, 9.17) is 4.55 Å². The van der Waals surface area contributed by atoms with Crippen molar-refractivity contribution < 1.29 is 8.76 Å². The summed E-state index contributed by atoms with van der Waals surface area (Å²) in [5, 5.41) is 1.92. The van der Waals surface area contributed by atoms with Gasteiger partial charge in [-0.3, -0.25) is 0 Å². The number of benzene rings is 2. The molecule has 0 saturated heterocycles. The summed E-state index contributed by atoms with van der Waals surface area (Å²) in [5.74, 6) is 0. The first-order chi connectivity index (χ1) is 7.18. The third kappa shape index (κ3) is 2.08. The van der Waals surface area contributed by atoms with Gasteiger partial charge in [0.05, 0.1) is 5.25 Å². The largest absolute Gasteiger partial charge is 0.306 e. The van der Waals surface area contributed by atoms with Crippen molar-refractivity contribution in [3.05, 3.63) is 48.0 Å². The first kappa shape index (κ1) is 10.3. The maximum Gasteiger partial charge on any atom is 0.160 e. The highest BCUT2D eigenvalue weighted by molar-refractivity contribution is 7.79. The van der Waals surface area contributed by atoms with Gasteiger partial charge in [0.1, 0.15) is 0 Å². The molecule has 0 aliphatic carbocycles. The molecule has 0 radical (unpaired) electrons. The molecule has 0 amide bonds.